The number of carbonyl (C=O) groups is 2. The summed E-state index contributed by atoms with van der Waals surface area (Å²) in [6.07, 6.45) is 1.12. The monoisotopic (exact) mass is 477 g/mol. The van der Waals surface area contributed by atoms with Gasteiger partial charge in [-0.05, 0) is 31.9 Å². The molecule has 2 saturated heterocycles. The van der Waals surface area contributed by atoms with Crippen LogP contribution in [0.25, 0.3) is 11.2 Å². The fourth-order valence-corrected chi connectivity index (χ4v) is 4.16. The maximum atomic E-state index is 13.0. The molecule has 0 spiro atoms. The van der Waals surface area contributed by atoms with Gasteiger partial charge in [-0.1, -0.05) is 12.0 Å². The number of pyridine rings is 1. The Morgan fingerprint density at radius 2 is 2.09 bits per heavy atom. The Balaban J connectivity index is 1.28. The molecule has 4 atom stereocenters. The van der Waals surface area contributed by atoms with Crippen LogP contribution in [0.2, 0.25) is 0 Å². The third-order valence-corrected chi connectivity index (χ3v) is 5.61. The third-order valence-electron chi connectivity index (χ3n) is 5.61. The average Bonchev–Trinajstić information content (AvgIpc) is 3.50. The van der Waals surface area contributed by atoms with Crippen molar-refractivity contribution in [3.63, 3.8) is 0 Å². The van der Waals surface area contributed by atoms with Gasteiger partial charge in [0.2, 0.25) is 0 Å². The number of aldehydes is 1. The van der Waals surface area contributed by atoms with Gasteiger partial charge in [0, 0.05) is 13.0 Å². The van der Waals surface area contributed by atoms with Gasteiger partial charge in [0.25, 0.3) is 5.91 Å². The molecule has 5 rings (SSSR count). The van der Waals surface area contributed by atoms with Crippen molar-refractivity contribution in [3.05, 3.63) is 42.2 Å². The van der Waals surface area contributed by atoms with Crippen molar-refractivity contribution >= 4 is 29.2 Å². The van der Waals surface area contributed by atoms with Gasteiger partial charge in [-0.3, -0.25) is 14.2 Å². The summed E-state index contributed by atoms with van der Waals surface area (Å²) < 4.78 is 19.9. The molecule has 0 unspecified atom stereocenters. The Bertz CT molecular complexity index is 1340. The number of anilines is 1. The highest BCUT2D eigenvalue weighted by molar-refractivity contribution is 5.83. The van der Waals surface area contributed by atoms with Gasteiger partial charge >= 0.3 is 0 Å². The van der Waals surface area contributed by atoms with E-state index in [-0.39, 0.29) is 11.7 Å². The zero-order valence-corrected chi connectivity index (χ0v) is 19.0. The highest BCUT2D eigenvalue weighted by Crippen LogP contribution is 2.43. The maximum absolute atomic E-state index is 13.0. The molecule has 3 aromatic rings. The molecule has 35 heavy (non-hydrogen) atoms. The smallest absolute Gasteiger partial charge is 0.252 e. The summed E-state index contributed by atoms with van der Waals surface area (Å²) in [6, 6.07) is 5.02. The Morgan fingerprint density at radius 3 is 2.91 bits per heavy atom. The molecule has 0 aromatic carbocycles. The Hall–Kier alpha value is -3.92. The van der Waals surface area contributed by atoms with E-state index in [0.29, 0.717) is 41.8 Å². The minimum Gasteiger partial charge on any atom is -0.382 e. The van der Waals surface area contributed by atoms with E-state index in [1.165, 1.54) is 12.7 Å². The molecule has 0 saturated carbocycles. The van der Waals surface area contributed by atoms with Crippen LogP contribution in [0.1, 0.15) is 42.7 Å². The molecule has 3 N–H and O–H groups in total. The lowest BCUT2D eigenvalue weighted by atomic mass is 10.1. The number of imidazole rings is 1. The molecule has 180 valence electrons. The second kappa shape index (κ2) is 9.03. The first-order valence-electron chi connectivity index (χ1n) is 11.0. The summed E-state index contributed by atoms with van der Waals surface area (Å²) >= 11 is 0. The van der Waals surface area contributed by atoms with Crippen LogP contribution in [-0.2, 0) is 19.0 Å². The van der Waals surface area contributed by atoms with Gasteiger partial charge < -0.3 is 25.3 Å². The van der Waals surface area contributed by atoms with E-state index in [1.54, 1.807) is 36.6 Å². The van der Waals surface area contributed by atoms with Gasteiger partial charge in [-0.15, -0.1) is 0 Å². The van der Waals surface area contributed by atoms with Crippen molar-refractivity contribution in [1.82, 2.24) is 29.8 Å². The van der Waals surface area contributed by atoms with Gasteiger partial charge in [0.05, 0.1) is 6.33 Å². The molecule has 2 fully saturated rings. The molecule has 0 bridgehead atoms. The molecule has 12 nitrogen and oxygen atoms in total. The van der Waals surface area contributed by atoms with Crippen molar-refractivity contribution in [2.45, 2.75) is 50.6 Å². The fraction of sp³-hybridized carbons (Fsp3) is 0.391. The van der Waals surface area contributed by atoms with Gasteiger partial charge in [0.1, 0.15) is 35.4 Å². The van der Waals surface area contributed by atoms with Crippen LogP contribution >= 0.6 is 0 Å². The fourth-order valence-electron chi connectivity index (χ4n) is 4.16. The van der Waals surface area contributed by atoms with E-state index in [4.69, 9.17) is 19.9 Å². The summed E-state index contributed by atoms with van der Waals surface area (Å²) in [5.74, 6) is 4.82. The zero-order valence-electron chi connectivity index (χ0n) is 19.0. The van der Waals surface area contributed by atoms with E-state index < -0.39 is 30.3 Å². The molecule has 12 heteroatoms. The number of hydrogen-bond acceptors (Lipinski definition) is 10. The lowest BCUT2D eigenvalue weighted by molar-refractivity contribution is -0.197. The number of nitrogens with one attached hydrogen (secondary N) is 1. The number of amides is 1. The summed E-state index contributed by atoms with van der Waals surface area (Å²) in [7, 11) is 0. The van der Waals surface area contributed by atoms with Crippen molar-refractivity contribution in [2.75, 3.05) is 12.3 Å². The number of carbonyl (C=O) groups excluding carboxylic acids is 2. The van der Waals surface area contributed by atoms with Crippen molar-refractivity contribution < 1.29 is 23.8 Å². The van der Waals surface area contributed by atoms with Crippen molar-refractivity contribution in [1.29, 1.82) is 0 Å². The van der Waals surface area contributed by atoms with Crippen molar-refractivity contribution in [2.24, 2.45) is 0 Å². The first-order valence-corrected chi connectivity index (χ1v) is 11.0. The van der Waals surface area contributed by atoms with Gasteiger partial charge in [-0.2, -0.15) is 0 Å². The molecule has 2 aliphatic rings. The molecular formula is C23H23N7O5. The van der Waals surface area contributed by atoms with E-state index >= 15 is 0 Å². The minimum absolute atomic E-state index is 0.246. The van der Waals surface area contributed by atoms with Crippen LogP contribution in [0.15, 0.2) is 30.9 Å². The standard InChI is InChI=1S/C23H23N7O5/c1-23(2)34-16-17(21(32)25-9-4-3-6-13-7-5-8-14(10-31)29-13)33-22(18(16)35-23)30-12-28-15-19(24)26-11-27-20(15)30/h5,7-8,10-12,16-18,22H,4,9H2,1-2H3,(H,25,32)(H2,24,26,27)/t16-,17+,18-,22-/m1/s1. The van der Waals surface area contributed by atoms with E-state index in [2.05, 4.69) is 37.1 Å². The number of nitrogens with two attached hydrogens (primary N) is 1. The normalized spacial score (nSPS) is 24.5. The van der Waals surface area contributed by atoms with Crippen molar-refractivity contribution in [3.8, 4) is 11.8 Å². The zero-order chi connectivity index (χ0) is 24.6. The SMILES string of the molecule is CC1(C)O[C@@H]2[C@H](O1)[C@@H](C(=O)NCCC#Cc1cccc(C=O)n1)O[C@H]2n1cnc2c(N)ncnc21. The third kappa shape index (κ3) is 4.44. The summed E-state index contributed by atoms with van der Waals surface area (Å²) in [5, 5.41) is 2.84. The molecule has 1 amide bonds. The van der Waals surface area contributed by atoms with E-state index in [9.17, 15) is 9.59 Å². The van der Waals surface area contributed by atoms with Crippen LogP contribution in [-0.4, -0.2) is 67.3 Å². The van der Waals surface area contributed by atoms with Crippen LogP contribution < -0.4 is 11.1 Å². The van der Waals surface area contributed by atoms with Crippen LogP contribution in [0, 0.1) is 11.8 Å². The van der Waals surface area contributed by atoms with Crippen LogP contribution in [0.3, 0.4) is 0 Å². The minimum atomic E-state index is -0.915. The summed E-state index contributed by atoms with van der Waals surface area (Å²) in [4.78, 5) is 40.4. The first kappa shape index (κ1) is 22.9. The summed E-state index contributed by atoms with van der Waals surface area (Å²) in [6.45, 7) is 3.86. The number of hydrogen-bond donors (Lipinski definition) is 2. The highest BCUT2D eigenvalue weighted by atomic mass is 16.8. The molecule has 5 heterocycles. The number of rotatable bonds is 5. The number of fused-ring (bicyclic) bond motifs is 2. The molecule has 0 radical (unpaired) electrons. The average molecular weight is 477 g/mol. The van der Waals surface area contributed by atoms with E-state index in [1.807, 2.05) is 0 Å². The second-order valence-electron chi connectivity index (χ2n) is 8.50. The van der Waals surface area contributed by atoms with Crippen LogP contribution in [0.4, 0.5) is 5.82 Å². The Labute approximate surface area is 200 Å². The second-order valence-corrected chi connectivity index (χ2v) is 8.50. The highest BCUT2D eigenvalue weighted by Gasteiger charge is 2.58. The number of nitrogen functional groups attached to an aromatic ring is 1. The molecular weight excluding hydrogens is 454 g/mol. The topological polar surface area (TPSA) is 156 Å². The first-order chi connectivity index (χ1) is 16.9. The lowest BCUT2D eigenvalue weighted by Crippen LogP contribution is -2.43. The Kier molecular flexibility index (Phi) is 5.89. The van der Waals surface area contributed by atoms with E-state index in [0.717, 1.165) is 0 Å². The van der Waals surface area contributed by atoms with Crippen LogP contribution in [0.5, 0.6) is 0 Å². The summed E-state index contributed by atoms with van der Waals surface area (Å²) in [5.41, 5.74) is 7.61. The number of nitrogens with zero attached hydrogens (tertiary/aromatic N) is 5. The van der Waals surface area contributed by atoms with Gasteiger partial charge in [-0.25, -0.2) is 19.9 Å². The number of ether oxygens (including phenoxy) is 3. The molecule has 2 aliphatic heterocycles. The Morgan fingerprint density at radius 1 is 1.26 bits per heavy atom. The largest absolute Gasteiger partial charge is 0.382 e. The maximum Gasteiger partial charge on any atom is 0.252 e. The lowest BCUT2D eigenvalue weighted by Gasteiger charge is -2.24. The number of aromatic nitrogens is 5. The quantitative estimate of drug-likeness (QED) is 0.303. The molecule has 0 aliphatic carbocycles. The molecule has 3 aromatic heterocycles. The van der Waals surface area contributed by atoms with Gasteiger partial charge in [0.15, 0.2) is 35.9 Å². The predicted octanol–water partition coefficient (Wildman–Crippen LogP) is 0.592. The predicted molar refractivity (Wildman–Crippen MR) is 122 cm³/mol.